The first-order valence-corrected chi connectivity index (χ1v) is 5.35. The number of ether oxygens (including phenoxy) is 1. The van der Waals surface area contributed by atoms with E-state index in [0.29, 0.717) is 0 Å². The summed E-state index contributed by atoms with van der Waals surface area (Å²) in [5.74, 6) is 0.642. The zero-order valence-corrected chi connectivity index (χ0v) is 8.72. The van der Waals surface area contributed by atoms with Gasteiger partial charge in [0.1, 0.15) is 11.6 Å². The summed E-state index contributed by atoms with van der Waals surface area (Å²) in [6, 6.07) is 5.02. The maximum atomic E-state index is 13.2. The first-order valence-electron chi connectivity index (χ1n) is 5.35. The van der Waals surface area contributed by atoms with Crippen molar-refractivity contribution >= 4 is 0 Å². The van der Waals surface area contributed by atoms with Gasteiger partial charge in [0.25, 0.3) is 0 Å². The van der Waals surface area contributed by atoms with Crippen LogP contribution in [0.15, 0.2) is 18.2 Å². The van der Waals surface area contributed by atoms with Gasteiger partial charge in [-0.2, -0.15) is 0 Å². The molecule has 1 spiro atoms. The highest BCUT2D eigenvalue weighted by molar-refractivity contribution is 5.41. The number of nitrogens with one attached hydrogen (secondary N) is 1. The summed E-state index contributed by atoms with van der Waals surface area (Å²) in [6.45, 7) is 0.761. The lowest BCUT2D eigenvalue weighted by atomic mass is 9.88. The third-order valence-corrected chi connectivity index (χ3v) is 3.59. The molecule has 1 aliphatic carbocycles. The van der Waals surface area contributed by atoms with Gasteiger partial charge in [0, 0.05) is 17.0 Å². The quantitative estimate of drug-likeness (QED) is 0.762. The normalized spacial score (nSPS) is 25.9. The lowest BCUT2D eigenvalue weighted by molar-refractivity contribution is 0.162. The van der Waals surface area contributed by atoms with Crippen LogP contribution in [0.1, 0.15) is 24.4 Å². The van der Waals surface area contributed by atoms with Gasteiger partial charge in [-0.1, -0.05) is 0 Å². The van der Waals surface area contributed by atoms with Gasteiger partial charge in [0.15, 0.2) is 0 Å². The molecule has 1 aliphatic heterocycles. The highest BCUT2D eigenvalue weighted by atomic mass is 19.1. The highest BCUT2D eigenvalue weighted by Gasteiger charge is 2.53. The minimum Gasteiger partial charge on any atom is -0.493 e. The Labute approximate surface area is 88.4 Å². The summed E-state index contributed by atoms with van der Waals surface area (Å²) in [5.41, 5.74) is 1.21. The standard InChI is InChI=1S/C12H14FNO/c1-14-11-9-6-8(13)2-3-10(9)15-7-12(11)4-5-12/h2-3,6,11,14H,4-5,7H2,1H3. The van der Waals surface area contributed by atoms with Gasteiger partial charge in [0.2, 0.25) is 0 Å². The van der Waals surface area contributed by atoms with E-state index in [1.54, 1.807) is 12.1 Å². The molecule has 1 atom stereocenters. The van der Waals surface area contributed by atoms with Crippen LogP contribution in [0.4, 0.5) is 4.39 Å². The fraction of sp³-hybridized carbons (Fsp3) is 0.500. The van der Waals surface area contributed by atoms with Crippen LogP contribution < -0.4 is 10.1 Å². The monoisotopic (exact) mass is 207 g/mol. The Bertz CT molecular complexity index is 401. The molecule has 3 rings (SSSR count). The van der Waals surface area contributed by atoms with Crippen molar-refractivity contribution in [2.75, 3.05) is 13.7 Å². The number of halogens is 1. The molecule has 1 saturated carbocycles. The van der Waals surface area contributed by atoms with Crippen molar-refractivity contribution in [3.8, 4) is 5.75 Å². The van der Waals surface area contributed by atoms with E-state index in [4.69, 9.17) is 4.74 Å². The number of benzene rings is 1. The van der Waals surface area contributed by atoms with Gasteiger partial charge in [-0.15, -0.1) is 0 Å². The fourth-order valence-corrected chi connectivity index (χ4v) is 2.57. The van der Waals surface area contributed by atoms with E-state index >= 15 is 0 Å². The van der Waals surface area contributed by atoms with Gasteiger partial charge in [-0.3, -0.25) is 0 Å². The van der Waals surface area contributed by atoms with E-state index in [-0.39, 0.29) is 17.3 Å². The molecule has 0 aromatic heterocycles. The molecule has 1 heterocycles. The van der Waals surface area contributed by atoms with E-state index in [1.807, 2.05) is 7.05 Å². The predicted octanol–water partition coefficient (Wildman–Crippen LogP) is 2.26. The molecule has 1 fully saturated rings. The summed E-state index contributed by atoms with van der Waals surface area (Å²) < 4.78 is 18.9. The second-order valence-corrected chi connectivity index (χ2v) is 4.55. The van der Waals surface area contributed by atoms with Crippen molar-refractivity contribution < 1.29 is 9.13 Å². The molecule has 1 unspecified atom stereocenters. The van der Waals surface area contributed by atoms with Crippen LogP contribution in [0.5, 0.6) is 5.75 Å². The first kappa shape index (κ1) is 9.16. The van der Waals surface area contributed by atoms with Crippen LogP contribution in [0, 0.1) is 11.2 Å². The molecule has 0 bridgehead atoms. The lowest BCUT2D eigenvalue weighted by Gasteiger charge is -2.33. The van der Waals surface area contributed by atoms with Crippen LogP contribution in [0.2, 0.25) is 0 Å². The lowest BCUT2D eigenvalue weighted by Crippen LogP contribution is -2.35. The zero-order valence-electron chi connectivity index (χ0n) is 8.72. The minimum atomic E-state index is -0.185. The van der Waals surface area contributed by atoms with E-state index in [0.717, 1.165) is 17.9 Å². The third kappa shape index (κ3) is 1.26. The second-order valence-electron chi connectivity index (χ2n) is 4.55. The van der Waals surface area contributed by atoms with Crippen LogP contribution >= 0.6 is 0 Å². The molecule has 1 aromatic rings. The van der Waals surface area contributed by atoms with Crippen molar-refractivity contribution in [1.29, 1.82) is 0 Å². The smallest absolute Gasteiger partial charge is 0.124 e. The Morgan fingerprint density at radius 2 is 2.27 bits per heavy atom. The molecular formula is C12H14FNO. The topological polar surface area (TPSA) is 21.3 Å². The van der Waals surface area contributed by atoms with Crippen LogP contribution in [0.25, 0.3) is 0 Å². The van der Waals surface area contributed by atoms with Crippen molar-refractivity contribution in [2.45, 2.75) is 18.9 Å². The van der Waals surface area contributed by atoms with E-state index in [9.17, 15) is 4.39 Å². The van der Waals surface area contributed by atoms with Gasteiger partial charge < -0.3 is 10.1 Å². The van der Waals surface area contributed by atoms with Crippen LogP contribution in [-0.4, -0.2) is 13.7 Å². The second kappa shape index (κ2) is 2.95. The van der Waals surface area contributed by atoms with Crippen molar-refractivity contribution in [3.05, 3.63) is 29.6 Å². The molecule has 15 heavy (non-hydrogen) atoms. The highest BCUT2D eigenvalue weighted by Crippen LogP contribution is 2.58. The predicted molar refractivity (Wildman–Crippen MR) is 55.4 cm³/mol. The number of fused-ring (bicyclic) bond motifs is 1. The Hall–Kier alpha value is -1.09. The van der Waals surface area contributed by atoms with Crippen LogP contribution in [0.3, 0.4) is 0 Å². The average Bonchev–Trinajstić information content (AvgIpc) is 2.98. The molecule has 0 radical (unpaired) electrons. The molecule has 3 heteroatoms. The molecule has 2 aliphatic rings. The van der Waals surface area contributed by atoms with Crippen molar-refractivity contribution in [3.63, 3.8) is 0 Å². The minimum absolute atomic E-state index is 0.185. The average molecular weight is 207 g/mol. The Balaban J connectivity index is 2.08. The van der Waals surface area contributed by atoms with Gasteiger partial charge in [0.05, 0.1) is 6.61 Å². The molecule has 80 valence electrons. The first-order chi connectivity index (χ1) is 7.25. The molecule has 1 aromatic carbocycles. The summed E-state index contributed by atoms with van der Waals surface area (Å²) in [7, 11) is 1.94. The maximum Gasteiger partial charge on any atom is 0.124 e. The molecule has 0 amide bonds. The van der Waals surface area contributed by atoms with Crippen molar-refractivity contribution in [1.82, 2.24) is 5.32 Å². The van der Waals surface area contributed by atoms with Crippen molar-refractivity contribution in [2.24, 2.45) is 5.41 Å². The van der Waals surface area contributed by atoms with Crippen LogP contribution in [-0.2, 0) is 0 Å². The SMILES string of the molecule is CNC1c2cc(F)ccc2OCC12CC2. The maximum absolute atomic E-state index is 13.2. The largest absolute Gasteiger partial charge is 0.493 e. The van der Waals surface area contributed by atoms with E-state index in [2.05, 4.69) is 5.32 Å². The Kier molecular flexibility index (Phi) is 1.80. The summed E-state index contributed by atoms with van der Waals surface area (Å²) in [5, 5.41) is 3.29. The third-order valence-electron chi connectivity index (χ3n) is 3.59. The fourth-order valence-electron chi connectivity index (χ4n) is 2.57. The molecular weight excluding hydrogens is 193 g/mol. The molecule has 1 N–H and O–H groups in total. The number of hydrogen-bond donors (Lipinski definition) is 1. The van der Waals surface area contributed by atoms with E-state index in [1.165, 1.54) is 18.9 Å². The van der Waals surface area contributed by atoms with Gasteiger partial charge >= 0.3 is 0 Å². The van der Waals surface area contributed by atoms with E-state index < -0.39 is 0 Å². The zero-order chi connectivity index (χ0) is 10.5. The molecule has 0 saturated heterocycles. The molecule has 2 nitrogen and oxygen atoms in total. The summed E-state index contributed by atoms with van der Waals surface area (Å²) >= 11 is 0. The van der Waals surface area contributed by atoms with Gasteiger partial charge in [-0.05, 0) is 38.1 Å². The summed E-state index contributed by atoms with van der Waals surface area (Å²) in [4.78, 5) is 0. The Morgan fingerprint density at radius 1 is 1.47 bits per heavy atom. The Morgan fingerprint density at radius 3 is 2.93 bits per heavy atom. The number of rotatable bonds is 1. The summed E-state index contributed by atoms with van der Waals surface area (Å²) in [6.07, 6.45) is 2.35. The number of hydrogen-bond acceptors (Lipinski definition) is 2. The van der Waals surface area contributed by atoms with Gasteiger partial charge in [-0.25, -0.2) is 4.39 Å².